The molecule has 4 N–H and O–H groups in total. The van der Waals surface area contributed by atoms with Crippen LogP contribution in [0.25, 0.3) is 0 Å². The first-order valence-electron chi connectivity index (χ1n) is 1.39. The molecule has 0 radical (unpaired) electrons. The Labute approximate surface area is 38.9 Å². The maximum atomic E-state index is 9.86. The van der Waals surface area contributed by atoms with Crippen molar-refractivity contribution in [2.45, 2.75) is 0 Å². The van der Waals surface area contributed by atoms with Crippen molar-refractivity contribution < 1.29 is 4.63 Å². The van der Waals surface area contributed by atoms with Crippen molar-refractivity contribution in [1.82, 2.24) is 16.5 Å². The Morgan fingerprint density at radius 1 is 1.86 bits per heavy atom. The summed E-state index contributed by atoms with van der Waals surface area (Å²) >= 11 is 0. The third-order valence-electron chi connectivity index (χ3n) is 0.369. The fourth-order valence-corrected chi connectivity index (χ4v) is 0.172. The first-order valence-corrected chi connectivity index (χ1v) is 1.39. The number of hydrogen-bond donors (Lipinski definition) is 2. The summed E-state index contributed by atoms with van der Waals surface area (Å²) in [6, 6.07) is 0. The van der Waals surface area contributed by atoms with Gasteiger partial charge >= 0.3 is 5.56 Å². The Balaban J connectivity index is 0.000000360. The van der Waals surface area contributed by atoms with E-state index in [-0.39, 0.29) is 11.7 Å². The summed E-state index contributed by atoms with van der Waals surface area (Å²) in [5, 5.41) is 5.04. The first-order chi connectivity index (χ1) is 2.89. The van der Waals surface area contributed by atoms with E-state index in [9.17, 15) is 4.79 Å². The first kappa shape index (κ1) is 5.90. The van der Waals surface area contributed by atoms with Crippen molar-refractivity contribution in [1.29, 1.82) is 0 Å². The Kier molecular flexibility index (Phi) is 1.80. The van der Waals surface area contributed by atoms with Gasteiger partial charge in [0.2, 0.25) is 0 Å². The van der Waals surface area contributed by atoms with Gasteiger partial charge in [0.05, 0.1) is 0 Å². The minimum Gasteiger partial charge on any atom is -0.344 e. The number of H-pyrrole nitrogens is 1. The topological polar surface area (TPSA) is 93.9 Å². The molecule has 0 aliphatic heterocycles. The minimum atomic E-state index is -0.310. The lowest BCUT2D eigenvalue weighted by Gasteiger charge is -1.50. The Bertz CT molecular complexity index is 149. The van der Waals surface area contributed by atoms with Gasteiger partial charge in [-0.2, -0.15) is 5.16 Å². The van der Waals surface area contributed by atoms with E-state index in [1.165, 1.54) is 0 Å². The van der Waals surface area contributed by atoms with Crippen LogP contribution in [-0.4, -0.2) is 10.3 Å². The van der Waals surface area contributed by atoms with Crippen LogP contribution in [-0.2, 0) is 0 Å². The van der Waals surface area contributed by atoms with E-state index in [0.717, 1.165) is 6.20 Å². The zero-order valence-corrected chi connectivity index (χ0v) is 3.55. The molecular weight excluding hydrogens is 98.0 g/mol. The Hall–Kier alpha value is -1.10. The Morgan fingerprint density at radius 2 is 2.57 bits per heavy atom. The van der Waals surface area contributed by atoms with Crippen molar-refractivity contribution >= 4 is 0 Å². The zero-order valence-electron chi connectivity index (χ0n) is 3.55. The molecule has 0 saturated carbocycles. The molecule has 1 heterocycles. The molecule has 0 aliphatic carbocycles. The molecule has 1 aromatic rings. The van der Waals surface area contributed by atoms with E-state index in [1.807, 2.05) is 5.16 Å². The van der Waals surface area contributed by atoms with E-state index in [0.29, 0.717) is 0 Å². The third-order valence-corrected chi connectivity index (χ3v) is 0.369. The van der Waals surface area contributed by atoms with E-state index in [2.05, 4.69) is 9.79 Å². The molecule has 7 heavy (non-hydrogen) atoms. The fraction of sp³-hybridized carbons (Fsp3) is 0. The second kappa shape index (κ2) is 2.14. The normalized spacial score (nSPS) is 7.43. The number of aromatic amines is 1. The standard InChI is InChI=1S/C2H2N2O2.H3N/c5-2-1-3-6-4-2;/h1H,(H,4,5);1H3. The summed E-state index contributed by atoms with van der Waals surface area (Å²) in [6.45, 7) is 0. The Morgan fingerprint density at radius 3 is 2.71 bits per heavy atom. The van der Waals surface area contributed by atoms with Crippen LogP contribution >= 0.6 is 0 Å². The predicted octanol–water partition coefficient (Wildman–Crippen LogP) is -0.475. The van der Waals surface area contributed by atoms with E-state index in [1.54, 1.807) is 0 Å². The van der Waals surface area contributed by atoms with Crippen LogP contribution in [0.3, 0.4) is 0 Å². The van der Waals surface area contributed by atoms with Gasteiger partial charge in [0.1, 0.15) is 6.20 Å². The summed E-state index contributed by atoms with van der Waals surface area (Å²) in [4.78, 5) is 9.86. The number of nitrogens with zero attached hydrogens (tertiary/aromatic N) is 1. The van der Waals surface area contributed by atoms with E-state index in [4.69, 9.17) is 0 Å². The lowest BCUT2D eigenvalue weighted by molar-refractivity contribution is 0.303. The van der Waals surface area contributed by atoms with Crippen molar-refractivity contribution in [2.75, 3.05) is 0 Å². The molecule has 5 heteroatoms. The average Bonchev–Trinajstić information content (AvgIpc) is 1.86. The molecule has 0 atom stereocenters. The molecule has 0 spiro atoms. The molecule has 0 unspecified atom stereocenters. The molecular formula is C2H5N3O2. The second-order valence-electron chi connectivity index (χ2n) is 0.792. The molecule has 1 rings (SSSR count). The van der Waals surface area contributed by atoms with Crippen molar-refractivity contribution in [2.24, 2.45) is 0 Å². The lowest BCUT2D eigenvalue weighted by atomic mass is 10.9. The zero-order chi connectivity index (χ0) is 4.41. The molecule has 0 amide bonds. The quantitative estimate of drug-likeness (QED) is 0.463. The SMILES string of the molecule is N.O=c1cno[nH]1. The summed E-state index contributed by atoms with van der Waals surface area (Å²) in [7, 11) is 0. The van der Waals surface area contributed by atoms with Gasteiger partial charge in [-0.05, 0) is 0 Å². The monoisotopic (exact) mass is 103 g/mol. The molecule has 40 valence electrons. The second-order valence-corrected chi connectivity index (χ2v) is 0.792. The summed E-state index contributed by atoms with van der Waals surface area (Å²) in [5.41, 5.74) is -0.310. The molecule has 0 bridgehead atoms. The maximum Gasteiger partial charge on any atom is 0.300 e. The van der Waals surface area contributed by atoms with Crippen molar-refractivity contribution in [3.8, 4) is 0 Å². The van der Waals surface area contributed by atoms with E-state index >= 15 is 0 Å². The predicted molar refractivity (Wildman–Crippen MR) is 22.1 cm³/mol. The highest BCUT2D eigenvalue weighted by Crippen LogP contribution is 1.51. The van der Waals surface area contributed by atoms with Crippen LogP contribution in [0.15, 0.2) is 15.6 Å². The van der Waals surface area contributed by atoms with Crippen LogP contribution in [0.2, 0.25) is 0 Å². The van der Waals surface area contributed by atoms with Crippen molar-refractivity contribution in [3.05, 3.63) is 16.6 Å². The lowest BCUT2D eigenvalue weighted by Crippen LogP contribution is -1.92. The van der Waals surface area contributed by atoms with Gasteiger partial charge in [0, 0.05) is 0 Å². The number of rotatable bonds is 0. The molecule has 5 nitrogen and oxygen atoms in total. The highest BCUT2D eigenvalue weighted by Gasteiger charge is 1.74. The van der Waals surface area contributed by atoms with Crippen LogP contribution < -0.4 is 11.7 Å². The average molecular weight is 103 g/mol. The number of aromatic nitrogens is 2. The van der Waals surface area contributed by atoms with Crippen LogP contribution in [0.4, 0.5) is 0 Å². The van der Waals surface area contributed by atoms with E-state index < -0.39 is 0 Å². The largest absolute Gasteiger partial charge is 0.344 e. The van der Waals surface area contributed by atoms with Gasteiger partial charge in [-0.15, -0.1) is 0 Å². The highest BCUT2D eigenvalue weighted by molar-refractivity contribution is 4.57. The van der Waals surface area contributed by atoms with Crippen molar-refractivity contribution in [3.63, 3.8) is 0 Å². The fourth-order valence-electron chi connectivity index (χ4n) is 0.172. The van der Waals surface area contributed by atoms with Gasteiger partial charge in [0.25, 0.3) is 0 Å². The highest BCUT2D eigenvalue weighted by atomic mass is 16.6. The molecule has 0 aromatic carbocycles. The van der Waals surface area contributed by atoms with Gasteiger partial charge < -0.3 is 6.15 Å². The smallest absolute Gasteiger partial charge is 0.300 e. The van der Waals surface area contributed by atoms with Gasteiger partial charge in [0.15, 0.2) is 0 Å². The summed E-state index contributed by atoms with van der Waals surface area (Å²) < 4.78 is 4.03. The summed E-state index contributed by atoms with van der Waals surface area (Å²) in [6.07, 6.45) is 1.06. The minimum absolute atomic E-state index is 0. The van der Waals surface area contributed by atoms with Gasteiger partial charge in [-0.1, -0.05) is 5.16 Å². The van der Waals surface area contributed by atoms with Crippen LogP contribution in [0.5, 0.6) is 0 Å². The third kappa shape index (κ3) is 1.18. The van der Waals surface area contributed by atoms with Gasteiger partial charge in [-0.3, -0.25) is 9.42 Å². The van der Waals surface area contributed by atoms with Crippen LogP contribution in [0, 0.1) is 0 Å². The summed E-state index contributed by atoms with van der Waals surface area (Å²) in [5.74, 6) is 0. The number of hydrogen-bond acceptors (Lipinski definition) is 4. The maximum absolute atomic E-state index is 9.86. The molecule has 0 saturated heterocycles. The van der Waals surface area contributed by atoms with Gasteiger partial charge in [-0.25, -0.2) is 0 Å². The number of nitrogens with one attached hydrogen (secondary N) is 1. The molecule has 0 fully saturated rings. The van der Waals surface area contributed by atoms with Crippen LogP contribution in [0.1, 0.15) is 0 Å². The molecule has 1 aromatic heterocycles. The molecule has 0 aliphatic rings.